The van der Waals surface area contributed by atoms with Gasteiger partial charge in [0.15, 0.2) is 0 Å². The molecule has 3 rings (SSSR count). The zero-order valence-electron chi connectivity index (χ0n) is 15.9. The molecule has 1 aromatic rings. The molecule has 0 fully saturated rings. The number of aryl methyl sites for hydroxylation is 2. The van der Waals surface area contributed by atoms with Gasteiger partial charge in [0.1, 0.15) is 0 Å². The Kier molecular flexibility index (Phi) is 4.35. The maximum atomic E-state index is 13.2. The van der Waals surface area contributed by atoms with Gasteiger partial charge in [0.2, 0.25) is 0 Å². The third kappa shape index (κ3) is 2.81. The molecule has 0 saturated carbocycles. The average molecular weight is 341 g/mol. The van der Waals surface area contributed by atoms with Crippen LogP contribution >= 0.6 is 0 Å². The van der Waals surface area contributed by atoms with Crippen molar-refractivity contribution in [2.75, 3.05) is 13.6 Å². The smallest absolute Gasteiger partial charge is 0.322 e. The summed E-state index contributed by atoms with van der Waals surface area (Å²) < 4.78 is 0. The lowest BCUT2D eigenvalue weighted by atomic mass is 9.91. The highest BCUT2D eigenvalue weighted by Crippen LogP contribution is 2.38. The Bertz CT molecular complexity index is 766. The van der Waals surface area contributed by atoms with E-state index in [1.807, 2.05) is 30.9 Å². The molecule has 1 N–H and O–H groups in total. The number of amides is 3. The van der Waals surface area contributed by atoms with Crippen molar-refractivity contribution in [1.29, 1.82) is 0 Å². The third-order valence-electron chi connectivity index (χ3n) is 5.58. The van der Waals surface area contributed by atoms with Crippen molar-refractivity contribution >= 4 is 11.9 Å². The fraction of sp³-hybridized carbons (Fsp3) is 0.500. The van der Waals surface area contributed by atoms with E-state index < -0.39 is 0 Å². The van der Waals surface area contributed by atoms with Crippen LogP contribution in [-0.2, 0) is 4.79 Å². The highest BCUT2D eigenvalue weighted by atomic mass is 16.2. The van der Waals surface area contributed by atoms with Crippen LogP contribution in [0, 0.1) is 19.8 Å². The van der Waals surface area contributed by atoms with Crippen molar-refractivity contribution in [1.82, 2.24) is 15.1 Å². The molecule has 0 spiro atoms. The molecule has 134 valence electrons. The topological polar surface area (TPSA) is 52.7 Å². The molecule has 25 heavy (non-hydrogen) atoms. The normalized spacial score (nSPS) is 21.8. The van der Waals surface area contributed by atoms with Crippen molar-refractivity contribution in [2.24, 2.45) is 5.92 Å². The van der Waals surface area contributed by atoms with Crippen molar-refractivity contribution in [3.05, 3.63) is 46.2 Å². The number of benzene rings is 1. The minimum Gasteiger partial charge on any atom is -0.330 e. The summed E-state index contributed by atoms with van der Waals surface area (Å²) in [6.45, 7) is 10.9. The molecular formula is C20H27N3O2. The summed E-state index contributed by atoms with van der Waals surface area (Å²) in [7, 11) is 1.74. The Balaban J connectivity index is 2.06. The predicted molar refractivity (Wildman–Crippen MR) is 98.0 cm³/mol. The van der Waals surface area contributed by atoms with Crippen molar-refractivity contribution in [3.8, 4) is 0 Å². The Morgan fingerprint density at radius 2 is 1.84 bits per heavy atom. The van der Waals surface area contributed by atoms with Crippen LogP contribution in [0.3, 0.4) is 0 Å². The lowest BCUT2D eigenvalue weighted by molar-refractivity contribution is -0.128. The number of nitrogens with zero attached hydrogens (tertiary/aromatic N) is 2. The van der Waals surface area contributed by atoms with Crippen LogP contribution in [0.25, 0.3) is 0 Å². The van der Waals surface area contributed by atoms with Crippen LogP contribution in [0.15, 0.2) is 29.5 Å². The van der Waals surface area contributed by atoms with Gasteiger partial charge in [-0.2, -0.15) is 0 Å². The molecular weight excluding hydrogens is 314 g/mol. The maximum absolute atomic E-state index is 13.2. The van der Waals surface area contributed by atoms with Crippen LogP contribution in [-0.4, -0.2) is 41.4 Å². The van der Waals surface area contributed by atoms with Gasteiger partial charge in [0, 0.05) is 13.1 Å². The highest BCUT2D eigenvalue weighted by molar-refractivity contribution is 6.01. The SMILES string of the molecule is Cc1ccc([C@@H]2NC(=O)N(C)C3=C2C(=O)N([C@@H](C)C(C)C)C3)c(C)c1. The van der Waals surface area contributed by atoms with Crippen LogP contribution < -0.4 is 5.32 Å². The first-order chi connectivity index (χ1) is 11.7. The Morgan fingerprint density at radius 3 is 2.44 bits per heavy atom. The number of urea groups is 1. The summed E-state index contributed by atoms with van der Waals surface area (Å²) in [4.78, 5) is 29.1. The number of carbonyl (C=O) groups excluding carboxylic acids is 2. The van der Waals surface area contributed by atoms with Crippen molar-refractivity contribution in [3.63, 3.8) is 0 Å². The quantitative estimate of drug-likeness (QED) is 0.918. The average Bonchev–Trinajstić information content (AvgIpc) is 2.88. The zero-order valence-corrected chi connectivity index (χ0v) is 15.9. The summed E-state index contributed by atoms with van der Waals surface area (Å²) in [5.74, 6) is 0.395. The van der Waals surface area contributed by atoms with Crippen LogP contribution in [0.4, 0.5) is 4.79 Å². The Hall–Kier alpha value is -2.30. The Morgan fingerprint density at radius 1 is 1.16 bits per heavy atom. The molecule has 3 amide bonds. The molecule has 0 unspecified atom stereocenters. The maximum Gasteiger partial charge on any atom is 0.322 e. The molecule has 2 aliphatic rings. The zero-order chi connectivity index (χ0) is 18.5. The molecule has 0 bridgehead atoms. The van der Waals surface area contributed by atoms with Gasteiger partial charge in [0.25, 0.3) is 5.91 Å². The number of hydrogen-bond acceptors (Lipinski definition) is 2. The lowest BCUT2D eigenvalue weighted by Gasteiger charge is -2.31. The molecule has 5 heteroatoms. The molecule has 0 radical (unpaired) electrons. The van der Waals surface area contributed by atoms with Gasteiger partial charge in [-0.15, -0.1) is 0 Å². The van der Waals surface area contributed by atoms with E-state index in [2.05, 4.69) is 32.2 Å². The van der Waals surface area contributed by atoms with E-state index in [1.165, 1.54) is 5.56 Å². The van der Waals surface area contributed by atoms with Gasteiger partial charge >= 0.3 is 6.03 Å². The van der Waals surface area contributed by atoms with E-state index in [9.17, 15) is 9.59 Å². The van der Waals surface area contributed by atoms with E-state index >= 15 is 0 Å². The number of carbonyl (C=O) groups is 2. The second kappa shape index (κ2) is 6.21. The van der Waals surface area contributed by atoms with E-state index in [4.69, 9.17) is 0 Å². The van der Waals surface area contributed by atoms with Gasteiger partial charge in [-0.25, -0.2) is 4.79 Å². The molecule has 0 aromatic heterocycles. The first kappa shape index (κ1) is 17.5. The number of nitrogens with one attached hydrogen (secondary N) is 1. The molecule has 5 nitrogen and oxygen atoms in total. The molecule has 2 heterocycles. The van der Waals surface area contributed by atoms with Gasteiger partial charge in [-0.3, -0.25) is 9.69 Å². The summed E-state index contributed by atoms with van der Waals surface area (Å²) >= 11 is 0. The minimum atomic E-state index is -0.379. The molecule has 0 aliphatic carbocycles. The van der Waals surface area contributed by atoms with Crippen LogP contribution in [0.2, 0.25) is 0 Å². The first-order valence-corrected chi connectivity index (χ1v) is 8.87. The van der Waals surface area contributed by atoms with Gasteiger partial charge in [0.05, 0.1) is 23.9 Å². The number of rotatable bonds is 3. The highest BCUT2D eigenvalue weighted by Gasteiger charge is 2.44. The van der Waals surface area contributed by atoms with Crippen molar-refractivity contribution < 1.29 is 9.59 Å². The van der Waals surface area contributed by atoms with E-state index in [-0.39, 0.29) is 24.0 Å². The first-order valence-electron chi connectivity index (χ1n) is 8.87. The summed E-state index contributed by atoms with van der Waals surface area (Å²) in [5, 5.41) is 3.01. The van der Waals surface area contributed by atoms with Crippen LogP contribution in [0.5, 0.6) is 0 Å². The summed E-state index contributed by atoms with van der Waals surface area (Å²) in [6, 6.07) is 5.73. The summed E-state index contributed by atoms with van der Waals surface area (Å²) in [5.41, 5.74) is 4.78. The minimum absolute atomic E-state index is 0.0352. The standard InChI is InChI=1S/C20H27N3O2/c1-11(2)14(5)23-10-16-17(19(23)24)18(21-20(25)22(16)6)15-8-7-12(3)9-13(15)4/h7-9,11,14,18H,10H2,1-6H3,(H,21,25)/t14-,18-/m0/s1. The molecule has 0 saturated heterocycles. The second-order valence-corrected chi connectivity index (χ2v) is 7.58. The predicted octanol–water partition coefficient (Wildman–Crippen LogP) is 3.14. The van der Waals surface area contributed by atoms with Crippen LogP contribution in [0.1, 0.15) is 43.5 Å². The van der Waals surface area contributed by atoms with E-state index in [1.54, 1.807) is 11.9 Å². The Labute approximate surface area is 149 Å². The largest absolute Gasteiger partial charge is 0.330 e. The fourth-order valence-corrected chi connectivity index (χ4v) is 3.66. The second-order valence-electron chi connectivity index (χ2n) is 7.58. The molecule has 1 aromatic carbocycles. The lowest BCUT2D eigenvalue weighted by Crippen LogP contribution is -2.45. The van der Waals surface area contributed by atoms with Gasteiger partial charge in [-0.05, 0) is 37.8 Å². The van der Waals surface area contributed by atoms with E-state index in [0.717, 1.165) is 16.8 Å². The third-order valence-corrected chi connectivity index (χ3v) is 5.58. The van der Waals surface area contributed by atoms with E-state index in [0.29, 0.717) is 18.0 Å². The molecule has 2 atom stereocenters. The molecule has 2 aliphatic heterocycles. The monoisotopic (exact) mass is 341 g/mol. The number of likely N-dealkylation sites (N-methyl/N-ethyl adjacent to an activating group) is 1. The number of hydrogen-bond donors (Lipinski definition) is 1. The van der Waals surface area contributed by atoms with Gasteiger partial charge in [-0.1, -0.05) is 37.6 Å². The van der Waals surface area contributed by atoms with Gasteiger partial charge < -0.3 is 10.2 Å². The fourth-order valence-electron chi connectivity index (χ4n) is 3.66. The van der Waals surface area contributed by atoms with Crippen molar-refractivity contribution in [2.45, 2.75) is 46.7 Å². The summed E-state index contributed by atoms with van der Waals surface area (Å²) in [6.07, 6.45) is 0.